The maximum Gasteiger partial charge on any atom is 0.315 e. The molecule has 0 saturated carbocycles. The van der Waals surface area contributed by atoms with Gasteiger partial charge in [0.1, 0.15) is 5.82 Å². The van der Waals surface area contributed by atoms with Gasteiger partial charge in [0.05, 0.1) is 0 Å². The fourth-order valence-corrected chi connectivity index (χ4v) is 3.29. The number of aromatic amines is 1. The number of H-pyrrole nitrogens is 1. The number of hydrogen-bond acceptors (Lipinski definition) is 7. The number of nitrogens with one attached hydrogen (secondary N) is 2. The van der Waals surface area contributed by atoms with Crippen molar-refractivity contribution in [1.82, 2.24) is 25.1 Å². The van der Waals surface area contributed by atoms with E-state index in [9.17, 15) is 0 Å². The number of nitrogens with zero attached hydrogens (tertiary/aromatic N) is 5. The molecule has 8 nitrogen and oxygen atoms in total. The average molecular weight is 391 g/mol. The second-order valence-electron chi connectivity index (χ2n) is 7.08. The molecule has 1 aromatic carbocycles. The zero-order valence-electron chi connectivity index (χ0n) is 17.1. The number of aromatic nitrogens is 5. The summed E-state index contributed by atoms with van der Waals surface area (Å²) in [5, 5.41) is 12.4. The minimum absolute atomic E-state index is 0.220. The van der Waals surface area contributed by atoms with Gasteiger partial charge in [-0.25, -0.2) is 9.97 Å². The Morgan fingerprint density at radius 2 is 1.97 bits per heavy atom. The molecule has 4 aromatic rings. The third-order valence-electron chi connectivity index (χ3n) is 4.74. The monoisotopic (exact) mass is 391 g/mol. The van der Waals surface area contributed by atoms with Crippen LogP contribution in [0.25, 0.3) is 33.7 Å². The summed E-state index contributed by atoms with van der Waals surface area (Å²) in [6, 6.07) is 8.57. The van der Waals surface area contributed by atoms with Gasteiger partial charge in [-0.3, -0.25) is 0 Å². The van der Waals surface area contributed by atoms with Crippen molar-refractivity contribution in [2.75, 3.05) is 23.3 Å². The first-order chi connectivity index (χ1) is 14.1. The summed E-state index contributed by atoms with van der Waals surface area (Å²) in [6.07, 6.45) is 3.75. The molecule has 0 spiro atoms. The molecule has 0 atom stereocenters. The molecule has 0 bridgehead atoms. The van der Waals surface area contributed by atoms with Crippen LogP contribution in [-0.4, -0.2) is 44.3 Å². The van der Waals surface area contributed by atoms with E-state index >= 15 is 0 Å². The molecule has 0 saturated heterocycles. The highest BCUT2D eigenvalue weighted by atomic mass is 16.4. The Balaban J connectivity index is 1.73. The zero-order valence-corrected chi connectivity index (χ0v) is 17.1. The van der Waals surface area contributed by atoms with Crippen molar-refractivity contribution in [1.29, 1.82) is 0 Å². The Morgan fingerprint density at radius 1 is 1.14 bits per heavy atom. The highest BCUT2D eigenvalue weighted by molar-refractivity contribution is 5.96. The average Bonchev–Trinajstić information content (AvgIpc) is 3.35. The van der Waals surface area contributed by atoms with Crippen molar-refractivity contribution in [2.45, 2.75) is 33.7 Å². The number of hydrogen-bond donors (Lipinski definition) is 2. The van der Waals surface area contributed by atoms with Crippen molar-refractivity contribution in [3.05, 3.63) is 36.7 Å². The lowest BCUT2D eigenvalue weighted by molar-refractivity contribution is 0.574. The Hall–Kier alpha value is -3.42. The lowest BCUT2D eigenvalue weighted by Gasteiger charge is -2.19. The normalized spacial score (nSPS) is 11.3. The Bertz CT molecular complexity index is 1110. The fraction of sp³-hybridized carbons (Fsp3) is 0.333. The first kappa shape index (κ1) is 18.9. The van der Waals surface area contributed by atoms with Crippen LogP contribution in [0.1, 0.15) is 27.7 Å². The molecular formula is C21H25N7O. The molecule has 4 rings (SSSR count). The standard InChI is InChI=1S/C21H25N7O/c1-5-28(6-2)18-9-10-22-19(25-18)16-12-23-17-8-7-14(11-15(16)17)20-26-27-21(29-20)24-13(3)4/h7-13,23H,5-6H2,1-4H3,(H,24,27). The second kappa shape index (κ2) is 7.90. The van der Waals surface area contributed by atoms with E-state index in [4.69, 9.17) is 9.40 Å². The van der Waals surface area contributed by atoms with Crippen LogP contribution in [0.2, 0.25) is 0 Å². The fourth-order valence-electron chi connectivity index (χ4n) is 3.29. The second-order valence-corrected chi connectivity index (χ2v) is 7.08. The van der Waals surface area contributed by atoms with Crippen LogP contribution in [0.15, 0.2) is 41.1 Å². The third kappa shape index (κ3) is 3.78. The molecule has 29 heavy (non-hydrogen) atoms. The lowest BCUT2D eigenvalue weighted by atomic mass is 10.1. The van der Waals surface area contributed by atoms with Gasteiger partial charge in [-0.1, -0.05) is 5.10 Å². The van der Waals surface area contributed by atoms with Gasteiger partial charge in [-0.15, -0.1) is 5.10 Å². The van der Waals surface area contributed by atoms with E-state index in [1.54, 1.807) is 6.20 Å². The van der Waals surface area contributed by atoms with E-state index < -0.39 is 0 Å². The maximum absolute atomic E-state index is 5.75. The molecule has 0 amide bonds. The van der Waals surface area contributed by atoms with Gasteiger partial charge in [0, 0.05) is 53.6 Å². The van der Waals surface area contributed by atoms with E-state index in [1.165, 1.54) is 0 Å². The predicted octanol–water partition coefficient (Wildman–Crippen LogP) is 4.34. The van der Waals surface area contributed by atoms with E-state index in [-0.39, 0.29) is 6.04 Å². The summed E-state index contributed by atoms with van der Waals surface area (Å²) in [6.45, 7) is 10.1. The Morgan fingerprint density at radius 3 is 2.72 bits per heavy atom. The molecule has 3 heterocycles. The van der Waals surface area contributed by atoms with Crippen LogP contribution in [0.5, 0.6) is 0 Å². The van der Waals surface area contributed by atoms with Gasteiger partial charge in [0.25, 0.3) is 0 Å². The molecule has 0 unspecified atom stereocenters. The van der Waals surface area contributed by atoms with Crippen LogP contribution >= 0.6 is 0 Å². The van der Waals surface area contributed by atoms with Crippen molar-refractivity contribution in [3.8, 4) is 22.8 Å². The van der Waals surface area contributed by atoms with Crippen LogP contribution in [0.4, 0.5) is 11.8 Å². The molecular weight excluding hydrogens is 366 g/mol. The maximum atomic E-state index is 5.75. The van der Waals surface area contributed by atoms with E-state index in [0.717, 1.165) is 40.9 Å². The zero-order chi connectivity index (χ0) is 20.4. The largest absolute Gasteiger partial charge is 0.403 e. The summed E-state index contributed by atoms with van der Waals surface area (Å²) in [4.78, 5) is 14.8. The molecule has 2 N–H and O–H groups in total. The van der Waals surface area contributed by atoms with Crippen LogP contribution in [0.3, 0.4) is 0 Å². The SMILES string of the molecule is CCN(CC)c1ccnc(-c2c[nH]c3ccc(-c4nnc(NC(C)C)o4)cc23)n1. The topological polar surface area (TPSA) is 95.8 Å². The number of anilines is 2. The van der Waals surface area contributed by atoms with Gasteiger partial charge in [0.2, 0.25) is 5.89 Å². The van der Waals surface area contributed by atoms with Crippen LogP contribution in [0, 0.1) is 0 Å². The molecule has 3 aromatic heterocycles. The summed E-state index contributed by atoms with van der Waals surface area (Å²) in [5.41, 5.74) is 2.79. The van der Waals surface area contributed by atoms with Crippen LogP contribution in [-0.2, 0) is 0 Å². The number of rotatable bonds is 7. The molecule has 150 valence electrons. The van der Waals surface area contributed by atoms with Gasteiger partial charge < -0.3 is 19.6 Å². The summed E-state index contributed by atoms with van der Waals surface area (Å²) in [7, 11) is 0. The molecule has 0 aliphatic heterocycles. The van der Waals surface area contributed by atoms with Gasteiger partial charge in [-0.05, 0) is 52.0 Å². The smallest absolute Gasteiger partial charge is 0.315 e. The lowest BCUT2D eigenvalue weighted by Crippen LogP contribution is -2.23. The first-order valence-corrected chi connectivity index (χ1v) is 9.89. The number of fused-ring (bicyclic) bond motifs is 1. The van der Waals surface area contributed by atoms with E-state index in [0.29, 0.717) is 17.7 Å². The quantitative estimate of drug-likeness (QED) is 0.484. The highest BCUT2D eigenvalue weighted by Gasteiger charge is 2.15. The van der Waals surface area contributed by atoms with E-state index in [1.807, 2.05) is 44.3 Å². The predicted molar refractivity (Wildman–Crippen MR) is 115 cm³/mol. The minimum Gasteiger partial charge on any atom is -0.403 e. The number of benzene rings is 1. The highest BCUT2D eigenvalue weighted by Crippen LogP contribution is 2.31. The van der Waals surface area contributed by atoms with Crippen molar-refractivity contribution in [3.63, 3.8) is 0 Å². The first-order valence-electron chi connectivity index (χ1n) is 9.89. The Kier molecular flexibility index (Phi) is 5.16. The van der Waals surface area contributed by atoms with Gasteiger partial charge in [-0.2, -0.15) is 0 Å². The summed E-state index contributed by atoms with van der Waals surface area (Å²) in [5.74, 6) is 2.08. The van der Waals surface area contributed by atoms with Crippen molar-refractivity contribution >= 4 is 22.7 Å². The molecule has 0 aliphatic rings. The van der Waals surface area contributed by atoms with Crippen molar-refractivity contribution in [2.24, 2.45) is 0 Å². The van der Waals surface area contributed by atoms with Gasteiger partial charge >= 0.3 is 6.01 Å². The van der Waals surface area contributed by atoms with Gasteiger partial charge in [0.15, 0.2) is 5.82 Å². The third-order valence-corrected chi connectivity index (χ3v) is 4.74. The molecule has 0 radical (unpaired) electrons. The summed E-state index contributed by atoms with van der Waals surface area (Å²) >= 11 is 0. The molecule has 8 heteroatoms. The van der Waals surface area contributed by atoms with E-state index in [2.05, 4.69) is 44.2 Å². The molecule has 0 fully saturated rings. The minimum atomic E-state index is 0.220. The van der Waals surface area contributed by atoms with Crippen LogP contribution < -0.4 is 10.2 Å². The summed E-state index contributed by atoms with van der Waals surface area (Å²) < 4.78 is 5.75. The molecule has 0 aliphatic carbocycles. The van der Waals surface area contributed by atoms with Crippen molar-refractivity contribution < 1.29 is 4.42 Å². The Labute approximate surface area is 169 Å².